The molecule has 0 atom stereocenters. The Labute approximate surface area is 186 Å². The minimum absolute atomic E-state index is 0.176. The van der Waals surface area contributed by atoms with Crippen molar-refractivity contribution in [3.63, 3.8) is 0 Å². The highest BCUT2D eigenvalue weighted by Crippen LogP contribution is 2.32. The summed E-state index contributed by atoms with van der Waals surface area (Å²) in [5.41, 5.74) is 1.74. The van der Waals surface area contributed by atoms with Crippen LogP contribution in [-0.4, -0.2) is 56.1 Å². The van der Waals surface area contributed by atoms with Gasteiger partial charge in [0.1, 0.15) is 0 Å². The number of benzene rings is 2. The summed E-state index contributed by atoms with van der Waals surface area (Å²) in [6.45, 7) is 4.93. The molecule has 0 unspecified atom stereocenters. The molecule has 162 valence electrons. The molecule has 0 spiro atoms. The van der Waals surface area contributed by atoms with Crippen LogP contribution in [-0.2, 0) is 9.53 Å². The lowest BCUT2D eigenvalue weighted by atomic mass is 10.1. The lowest BCUT2D eigenvalue weighted by Crippen LogP contribution is -2.38. The Kier molecular flexibility index (Phi) is 6.86. The fourth-order valence-electron chi connectivity index (χ4n) is 3.44. The molecule has 2 aromatic carbocycles. The molecule has 31 heavy (non-hydrogen) atoms. The van der Waals surface area contributed by atoms with Crippen molar-refractivity contribution in [2.45, 2.75) is 6.42 Å². The molecule has 4 rings (SSSR count). The summed E-state index contributed by atoms with van der Waals surface area (Å²) in [6.07, 6.45) is 2.51. The van der Waals surface area contributed by atoms with E-state index in [0.29, 0.717) is 28.6 Å². The molecule has 0 bridgehead atoms. The first-order chi connectivity index (χ1) is 15.1. The van der Waals surface area contributed by atoms with E-state index in [1.54, 1.807) is 48.5 Å². The largest absolute Gasteiger partial charge is 0.449 e. The molecule has 0 saturated carbocycles. The van der Waals surface area contributed by atoms with Crippen molar-refractivity contribution in [2.75, 3.05) is 44.7 Å². The van der Waals surface area contributed by atoms with Gasteiger partial charge in [-0.1, -0.05) is 23.7 Å². The first-order valence-corrected chi connectivity index (χ1v) is 10.6. The molecule has 0 radical (unpaired) electrons. The maximum Gasteiger partial charge on any atom is 0.291 e. The van der Waals surface area contributed by atoms with E-state index in [-0.39, 0.29) is 17.6 Å². The first-order valence-electron chi connectivity index (χ1n) is 10.3. The average Bonchev–Trinajstić information content (AvgIpc) is 2.79. The maximum atomic E-state index is 12.5. The van der Waals surface area contributed by atoms with Crippen molar-refractivity contribution in [1.29, 1.82) is 0 Å². The summed E-state index contributed by atoms with van der Waals surface area (Å²) in [5.74, 6) is 0.117. The number of fused-ring (bicyclic) bond motifs is 1. The molecule has 2 aromatic rings. The van der Waals surface area contributed by atoms with Crippen LogP contribution in [0.4, 0.5) is 5.69 Å². The zero-order chi connectivity index (χ0) is 21.6. The zero-order valence-corrected chi connectivity index (χ0v) is 17.8. The van der Waals surface area contributed by atoms with Gasteiger partial charge in [-0.15, -0.1) is 0 Å². The fraction of sp³-hybridized carbons (Fsp3) is 0.304. The predicted octanol–water partition coefficient (Wildman–Crippen LogP) is 3.16. The Balaban J connectivity index is 1.34. The van der Waals surface area contributed by atoms with Crippen molar-refractivity contribution >= 4 is 35.2 Å². The predicted molar refractivity (Wildman–Crippen MR) is 119 cm³/mol. The molecule has 0 aliphatic carbocycles. The minimum Gasteiger partial charge on any atom is -0.449 e. The third kappa shape index (κ3) is 5.64. The molecule has 2 N–H and O–H groups in total. The molecular formula is C23H24ClN3O4. The van der Waals surface area contributed by atoms with Gasteiger partial charge in [-0.3, -0.25) is 14.5 Å². The lowest BCUT2D eigenvalue weighted by molar-refractivity contribution is -0.115. The number of nitrogens with zero attached hydrogens (tertiary/aromatic N) is 1. The summed E-state index contributed by atoms with van der Waals surface area (Å²) in [5, 5.41) is 6.34. The molecule has 2 aliphatic rings. The van der Waals surface area contributed by atoms with Gasteiger partial charge in [0.2, 0.25) is 0 Å². The molecule has 1 saturated heterocycles. The van der Waals surface area contributed by atoms with Gasteiger partial charge >= 0.3 is 0 Å². The Morgan fingerprint density at radius 2 is 1.94 bits per heavy atom. The van der Waals surface area contributed by atoms with Crippen LogP contribution >= 0.6 is 11.6 Å². The molecule has 1 fully saturated rings. The smallest absolute Gasteiger partial charge is 0.291 e. The number of anilines is 1. The number of ether oxygens (including phenoxy) is 2. The topological polar surface area (TPSA) is 79.9 Å². The number of hydrogen-bond donors (Lipinski definition) is 2. The number of carbonyl (C=O) groups excluding carboxylic acids is 2. The van der Waals surface area contributed by atoms with Crippen LogP contribution in [0.5, 0.6) is 5.75 Å². The van der Waals surface area contributed by atoms with E-state index in [0.717, 1.165) is 44.8 Å². The van der Waals surface area contributed by atoms with E-state index in [1.807, 2.05) is 0 Å². The summed E-state index contributed by atoms with van der Waals surface area (Å²) in [6, 6.07) is 12.1. The third-order valence-corrected chi connectivity index (χ3v) is 5.39. The van der Waals surface area contributed by atoms with Crippen molar-refractivity contribution in [1.82, 2.24) is 10.2 Å². The monoisotopic (exact) mass is 441 g/mol. The Bertz CT molecular complexity index is 985. The van der Waals surface area contributed by atoms with Gasteiger partial charge < -0.3 is 20.1 Å². The fourth-order valence-corrected chi connectivity index (χ4v) is 3.57. The maximum absolute atomic E-state index is 12.5. The number of nitrogens with one attached hydrogen (secondary N) is 2. The van der Waals surface area contributed by atoms with Crippen molar-refractivity contribution in [2.24, 2.45) is 0 Å². The summed E-state index contributed by atoms with van der Waals surface area (Å²) < 4.78 is 11.1. The molecule has 7 nitrogen and oxygen atoms in total. The van der Waals surface area contributed by atoms with Crippen LogP contribution in [0.2, 0.25) is 5.02 Å². The van der Waals surface area contributed by atoms with Crippen molar-refractivity contribution < 1.29 is 19.1 Å². The number of carbonyl (C=O) groups is 2. The van der Waals surface area contributed by atoms with Crippen molar-refractivity contribution in [3.8, 4) is 5.75 Å². The summed E-state index contributed by atoms with van der Waals surface area (Å²) >= 11 is 5.90. The highest BCUT2D eigenvalue weighted by Gasteiger charge is 2.23. The first kappa shape index (κ1) is 21.4. The Hall–Kier alpha value is -2.87. The van der Waals surface area contributed by atoms with Crippen LogP contribution in [0.1, 0.15) is 22.3 Å². The van der Waals surface area contributed by atoms with Gasteiger partial charge in [-0.25, -0.2) is 0 Å². The number of hydrogen-bond acceptors (Lipinski definition) is 5. The summed E-state index contributed by atoms with van der Waals surface area (Å²) in [7, 11) is 0. The average molecular weight is 442 g/mol. The van der Waals surface area contributed by atoms with Crippen LogP contribution in [0, 0.1) is 0 Å². The van der Waals surface area contributed by atoms with Gasteiger partial charge in [-0.2, -0.15) is 0 Å². The molecule has 2 heterocycles. The highest BCUT2D eigenvalue weighted by molar-refractivity contribution is 6.30. The van der Waals surface area contributed by atoms with E-state index in [4.69, 9.17) is 21.1 Å². The van der Waals surface area contributed by atoms with Crippen LogP contribution < -0.4 is 15.4 Å². The van der Waals surface area contributed by atoms with Crippen LogP contribution in [0.3, 0.4) is 0 Å². The second-order valence-electron chi connectivity index (χ2n) is 7.39. The van der Waals surface area contributed by atoms with E-state index in [1.165, 1.54) is 0 Å². The highest BCUT2D eigenvalue weighted by atomic mass is 35.5. The van der Waals surface area contributed by atoms with E-state index in [9.17, 15) is 9.59 Å². The van der Waals surface area contributed by atoms with Gasteiger partial charge in [0.25, 0.3) is 11.8 Å². The van der Waals surface area contributed by atoms with Crippen molar-refractivity contribution in [3.05, 3.63) is 64.4 Å². The number of rotatable bonds is 6. The minimum atomic E-state index is -0.370. The number of morpholine rings is 1. The van der Waals surface area contributed by atoms with Gasteiger partial charge in [0.15, 0.2) is 11.5 Å². The molecule has 0 aromatic heterocycles. The third-order valence-electron chi connectivity index (χ3n) is 5.14. The molecule has 2 amide bonds. The Morgan fingerprint density at radius 3 is 2.71 bits per heavy atom. The van der Waals surface area contributed by atoms with Crippen LogP contribution in [0.15, 0.2) is 48.2 Å². The Morgan fingerprint density at radius 1 is 1.16 bits per heavy atom. The normalized spacial score (nSPS) is 17.6. The SMILES string of the molecule is O=C1Nc2cc(C(=O)NCCCN3CCOCC3)ccc2OC1=Cc1ccc(Cl)cc1. The van der Waals surface area contributed by atoms with E-state index in [2.05, 4.69) is 15.5 Å². The van der Waals surface area contributed by atoms with Gasteiger partial charge in [0.05, 0.1) is 18.9 Å². The molecular weight excluding hydrogens is 418 g/mol. The number of halogens is 1. The van der Waals surface area contributed by atoms with E-state index >= 15 is 0 Å². The second-order valence-corrected chi connectivity index (χ2v) is 7.83. The van der Waals surface area contributed by atoms with Gasteiger partial charge in [0, 0.05) is 30.2 Å². The van der Waals surface area contributed by atoms with Crippen LogP contribution in [0.25, 0.3) is 6.08 Å². The number of amides is 2. The lowest BCUT2D eigenvalue weighted by Gasteiger charge is -2.26. The van der Waals surface area contributed by atoms with Gasteiger partial charge in [-0.05, 0) is 54.9 Å². The molecule has 8 heteroatoms. The second kappa shape index (κ2) is 9.96. The standard InChI is InChI=1S/C23H24ClN3O4/c24-18-5-2-16(3-6-18)14-21-23(29)26-19-15-17(4-7-20(19)31-21)22(28)25-8-1-9-27-10-12-30-13-11-27/h2-7,14-15H,1,8-13H2,(H,25,28)(H,26,29). The quantitative estimate of drug-likeness (QED) is 0.531. The zero-order valence-electron chi connectivity index (χ0n) is 17.0. The summed E-state index contributed by atoms with van der Waals surface area (Å²) in [4.78, 5) is 27.2. The van der Waals surface area contributed by atoms with E-state index < -0.39 is 0 Å². The molecule has 2 aliphatic heterocycles.